The molecular formula is C14H20O. The first-order valence-corrected chi connectivity index (χ1v) is 6.85. The number of Topliss-reactive ketones (excluding diaryl/α,β-unsaturated/α-hetero) is 1. The first kappa shape index (κ1) is 8.78. The van der Waals surface area contributed by atoms with E-state index in [0.717, 1.165) is 24.2 Å². The third-order valence-corrected chi connectivity index (χ3v) is 6.34. The molecule has 0 aromatic rings. The van der Waals surface area contributed by atoms with E-state index in [0.29, 0.717) is 17.1 Å². The van der Waals surface area contributed by atoms with Crippen LogP contribution in [0.2, 0.25) is 0 Å². The Kier molecular flexibility index (Phi) is 1.56. The smallest absolute Gasteiger partial charge is 0.136 e. The highest BCUT2D eigenvalue weighted by molar-refractivity contribution is 5.84. The molecule has 0 heterocycles. The van der Waals surface area contributed by atoms with Gasteiger partial charge in [-0.05, 0) is 55.3 Å². The lowest BCUT2D eigenvalue weighted by molar-refractivity contribution is -0.150. The second-order valence-corrected chi connectivity index (χ2v) is 6.44. The third kappa shape index (κ3) is 0.855. The highest BCUT2D eigenvalue weighted by Crippen LogP contribution is 2.71. The number of fused-ring (bicyclic) bond motifs is 1. The van der Waals surface area contributed by atoms with Crippen LogP contribution < -0.4 is 0 Å². The molecule has 1 nitrogen and oxygen atoms in total. The van der Waals surface area contributed by atoms with Crippen molar-refractivity contribution in [2.45, 2.75) is 51.4 Å². The fourth-order valence-electron chi connectivity index (χ4n) is 5.81. The Labute approximate surface area is 91.6 Å². The van der Waals surface area contributed by atoms with Gasteiger partial charge in [0.1, 0.15) is 5.78 Å². The topological polar surface area (TPSA) is 17.1 Å². The van der Waals surface area contributed by atoms with Crippen molar-refractivity contribution in [1.82, 2.24) is 0 Å². The molecule has 4 aliphatic carbocycles. The van der Waals surface area contributed by atoms with Crippen LogP contribution in [0.15, 0.2) is 0 Å². The van der Waals surface area contributed by atoms with Crippen LogP contribution in [0.5, 0.6) is 0 Å². The minimum Gasteiger partial charge on any atom is -0.299 e. The van der Waals surface area contributed by atoms with Crippen LogP contribution in [-0.2, 0) is 4.79 Å². The van der Waals surface area contributed by atoms with Gasteiger partial charge in [-0.15, -0.1) is 0 Å². The normalized spacial score (nSPS) is 56.9. The number of rotatable bonds is 0. The lowest BCUT2D eigenvalue weighted by Crippen LogP contribution is -2.54. The lowest BCUT2D eigenvalue weighted by atomic mass is 9.47. The number of hydrogen-bond donors (Lipinski definition) is 0. The van der Waals surface area contributed by atoms with Gasteiger partial charge in [0.15, 0.2) is 0 Å². The van der Waals surface area contributed by atoms with E-state index < -0.39 is 0 Å². The van der Waals surface area contributed by atoms with E-state index in [-0.39, 0.29) is 0 Å². The molecule has 0 unspecified atom stereocenters. The summed E-state index contributed by atoms with van der Waals surface area (Å²) in [5.74, 6) is 4.08. The Bertz CT molecular complexity index is 321. The Morgan fingerprint density at radius 3 is 2.87 bits per heavy atom. The highest BCUT2D eigenvalue weighted by atomic mass is 16.1. The fraction of sp³-hybridized carbons (Fsp3) is 0.929. The monoisotopic (exact) mass is 204 g/mol. The van der Waals surface area contributed by atoms with Crippen molar-refractivity contribution in [3.05, 3.63) is 0 Å². The molecule has 15 heavy (non-hydrogen) atoms. The van der Waals surface area contributed by atoms with Crippen molar-refractivity contribution in [2.75, 3.05) is 0 Å². The Morgan fingerprint density at radius 2 is 2.07 bits per heavy atom. The molecule has 82 valence electrons. The van der Waals surface area contributed by atoms with E-state index in [1.165, 1.54) is 44.9 Å². The maximum atomic E-state index is 12.0. The van der Waals surface area contributed by atoms with Crippen LogP contribution in [0.4, 0.5) is 0 Å². The highest BCUT2D eigenvalue weighted by Gasteiger charge is 2.66. The van der Waals surface area contributed by atoms with Crippen LogP contribution in [0.3, 0.4) is 0 Å². The third-order valence-electron chi connectivity index (χ3n) is 6.34. The van der Waals surface area contributed by atoms with Crippen LogP contribution in [-0.4, -0.2) is 5.78 Å². The number of carbonyl (C=O) groups is 1. The molecule has 0 N–H and O–H groups in total. The minimum absolute atomic E-state index is 0.518. The fourth-order valence-corrected chi connectivity index (χ4v) is 5.81. The lowest BCUT2D eigenvalue weighted by Gasteiger charge is -2.56. The molecule has 0 saturated heterocycles. The Balaban J connectivity index is 1.76. The van der Waals surface area contributed by atoms with Crippen LogP contribution in [0.25, 0.3) is 0 Å². The molecule has 0 aromatic heterocycles. The Hall–Kier alpha value is -0.330. The van der Waals surface area contributed by atoms with E-state index in [4.69, 9.17) is 0 Å². The van der Waals surface area contributed by atoms with Gasteiger partial charge in [0.05, 0.1) is 0 Å². The summed E-state index contributed by atoms with van der Waals surface area (Å²) in [5, 5.41) is 0. The summed E-state index contributed by atoms with van der Waals surface area (Å²) in [5.41, 5.74) is 0.552. The molecule has 0 aromatic carbocycles. The molecule has 4 saturated carbocycles. The van der Waals surface area contributed by atoms with Crippen molar-refractivity contribution in [2.24, 2.45) is 29.1 Å². The summed E-state index contributed by atoms with van der Waals surface area (Å²) in [7, 11) is 0. The zero-order valence-corrected chi connectivity index (χ0v) is 9.37. The van der Waals surface area contributed by atoms with E-state index in [9.17, 15) is 4.79 Å². The molecule has 0 amide bonds. The average molecular weight is 204 g/mol. The summed E-state index contributed by atoms with van der Waals surface area (Å²) in [6.07, 6.45) is 10.6. The molecule has 4 rings (SSSR count). The number of ketones is 1. The number of carbonyl (C=O) groups excluding carboxylic acids is 1. The van der Waals surface area contributed by atoms with Crippen LogP contribution >= 0.6 is 0 Å². The van der Waals surface area contributed by atoms with Gasteiger partial charge >= 0.3 is 0 Å². The summed E-state index contributed by atoms with van der Waals surface area (Å²) >= 11 is 0. The zero-order chi connectivity index (χ0) is 10.0. The molecule has 1 heteroatoms. The maximum absolute atomic E-state index is 12.0. The quantitative estimate of drug-likeness (QED) is 0.592. The van der Waals surface area contributed by atoms with Crippen molar-refractivity contribution in [3.63, 3.8) is 0 Å². The summed E-state index contributed by atoms with van der Waals surface area (Å²) in [6, 6.07) is 0. The standard InChI is InChI=1S/C14H20O/c15-13-5-4-10-8-9-2-1-3-11(9)14(10)7-6-12(13)14/h9-12H,1-8H2/t9-,10-,11-,12+,14-/m0/s1. The molecule has 5 atom stereocenters. The van der Waals surface area contributed by atoms with E-state index in [1.807, 2.05) is 0 Å². The first-order chi connectivity index (χ1) is 7.32. The van der Waals surface area contributed by atoms with Gasteiger partial charge in [-0.25, -0.2) is 0 Å². The van der Waals surface area contributed by atoms with E-state index >= 15 is 0 Å². The second-order valence-electron chi connectivity index (χ2n) is 6.44. The predicted octanol–water partition coefficient (Wildman–Crippen LogP) is 3.18. The summed E-state index contributed by atoms with van der Waals surface area (Å²) < 4.78 is 0. The number of hydrogen-bond acceptors (Lipinski definition) is 1. The van der Waals surface area contributed by atoms with Crippen molar-refractivity contribution in [1.29, 1.82) is 0 Å². The van der Waals surface area contributed by atoms with E-state index in [2.05, 4.69) is 0 Å². The van der Waals surface area contributed by atoms with Gasteiger partial charge in [-0.1, -0.05) is 12.8 Å². The molecule has 4 fully saturated rings. The summed E-state index contributed by atoms with van der Waals surface area (Å²) in [6.45, 7) is 0. The van der Waals surface area contributed by atoms with Crippen molar-refractivity contribution < 1.29 is 4.79 Å². The van der Waals surface area contributed by atoms with Crippen LogP contribution in [0, 0.1) is 29.1 Å². The molecule has 0 bridgehead atoms. The second kappa shape index (κ2) is 2.67. The average Bonchev–Trinajstić information content (AvgIpc) is 2.68. The molecular weight excluding hydrogens is 184 g/mol. The largest absolute Gasteiger partial charge is 0.299 e. The van der Waals surface area contributed by atoms with Crippen LogP contribution in [0.1, 0.15) is 51.4 Å². The maximum Gasteiger partial charge on any atom is 0.136 e. The SMILES string of the molecule is O=C1CC[C@H]2C[C@@H]3CCC[C@@H]3[C@]23CC[C@H]13. The van der Waals surface area contributed by atoms with E-state index in [1.54, 1.807) is 0 Å². The van der Waals surface area contributed by atoms with Crippen molar-refractivity contribution in [3.8, 4) is 0 Å². The van der Waals surface area contributed by atoms with Gasteiger partial charge in [0.25, 0.3) is 0 Å². The van der Waals surface area contributed by atoms with Gasteiger partial charge in [-0.2, -0.15) is 0 Å². The molecule has 4 aliphatic rings. The van der Waals surface area contributed by atoms with Gasteiger partial charge in [0.2, 0.25) is 0 Å². The predicted molar refractivity (Wildman–Crippen MR) is 58.3 cm³/mol. The van der Waals surface area contributed by atoms with Gasteiger partial charge in [-0.3, -0.25) is 4.79 Å². The molecule has 0 radical (unpaired) electrons. The van der Waals surface area contributed by atoms with Gasteiger partial charge < -0.3 is 0 Å². The van der Waals surface area contributed by atoms with Gasteiger partial charge in [0, 0.05) is 12.3 Å². The zero-order valence-electron chi connectivity index (χ0n) is 9.37. The molecule has 1 spiro atoms. The summed E-state index contributed by atoms with van der Waals surface area (Å²) in [4.78, 5) is 12.0. The minimum atomic E-state index is 0.518. The molecule has 0 aliphatic heterocycles. The van der Waals surface area contributed by atoms with Crippen molar-refractivity contribution >= 4 is 5.78 Å². The first-order valence-electron chi connectivity index (χ1n) is 6.85. The Morgan fingerprint density at radius 1 is 1.13 bits per heavy atom.